The third-order valence-corrected chi connectivity index (χ3v) is 2.78. The van der Waals surface area contributed by atoms with Crippen LogP contribution < -0.4 is 0 Å². The van der Waals surface area contributed by atoms with E-state index < -0.39 is 5.97 Å². The standard InChI is InChI=1S/C15H18FNO3/c1-17(11-3-6-15(19)20)14(18)5-2-4-12-7-9-13(16)10-8-12/h2,4,7-10H,3,5-6,11H2,1H3,(H,19,20)/b4-2+. The molecule has 0 atom stereocenters. The SMILES string of the molecule is CN(CCCC(=O)O)C(=O)C/C=C/c1ccc(F)cc1. The van der Waals surface area contributed by atoms with Gasteiger partial charge in [-0.25, -0.2) is 4.39 Å². The van der Waals surface area contributed by atoms with Crippen LogP contribution in [0.25, 0.3) is 6.08 Å². The molecule has 1 aromatic carbocycles. The van der Waals surface area contributed by atoms with Gasteiger partial charge in [-0.3, -0.25) is 9.59 Å². The van der Waals surface area contributed by atoms with E-state index in [4.69, 9.17) is 5.11 Å². The molecule has 0 aliphatic rings. The fraction of sp³-hybridized carbons (Fsp3) is 0.333. The van der Waals surface area contributed by atoms with Crippen LogP contribution in [0, 0.1) is 5.82 Å². The lowest BCUT2D eigenvalue weighted by molar-refractivity contribution is -0.137. The number of carboxylic acids is 1. The van der Waals surface area contributed by atoms with Crippen molar-refractivity contribution in [3.63, 3.8) is 0 Å². The molecule has 20 heavy (non-hydrogen) atoms. The number of hydrogen-bond donors (Lipinski definition) is 1. The molecule has 1 N–H and O–H groups in total. The Balaban J connectivity index is 2.34. The number of carbonyl (C=O) groups excluding carboxylic acids is 1. The molecule has 0 aliphatic carbocycles. The first kappa shape index (κ1) is 15.9. The maximum Gasteiger partial charge on any atom is 0.303 e. The average molecular weight is 279 g/mol. The lowest BCUT2D eigenvalue weighted by Gasteiger charge is -2.15. The zero-order chi connectivity index (χ0) is 15.0. The summed E-state index contributed by atoms with van der Waals surface area (Å²) < 4.78 is 12.7. The van der Waals surface area contributed by atoms with E-state index in [1.54, 1.807) is 31.3 Å². The smallest absolute Gasteiger partial charge is 0.303 e. The number of rotatable bonds is 7. The monoisotopic (exact) mass is 279 g/mol. The molecular weight excluding hydrogens is 261 g/mol. The number of benzene rings is 1. The van der Waals surface area contributed by atoms with Crippen molar-refractivity contribution in [1.82, 2.24) is 4.90 Å². The van der Waals surface area contributed by atoms with E-state index in [1.165, 1.54) is 17.0 Å². The first-order valence-electron chi connectivity index (χ1n) is 6.37. The summed E-state index contributed by atoms with van der Waals surface area (Å²) in [6, 6.07) is 5.98. The molecule has 0 bridgehead atoms. The van der Waals surface area contributed by atoms with Gasteiger partial charge in [0.25, 0.3) is 0 Å². The van der Waals surface area contributed by atoms with Gasteiger partial charge in [-0.1, -0.05) is 24.3 Å². The average Bonchev–Trinajstić information content (AvgIpc) is 2.40. The van der Waals surface area contributed by atoms with Gasteiger partial charge in [-0.05, 0) is 24.1 Å². The Kier molecular flexibility index (Phi) is 6.43. The van der Waals surface area contributed by atoms with Gasteiger partial charge in [0.05, 0.1) is 0 Å². The van der Waals surface area contributed by atoms with Gasteiger partial charge in [0.2, 0.25) is 5.91 Å². The summed E-state index contributed by atoms with van der Waals surface area (Å²) in [5.41, 5.74) is 0.827. The van der Waals surface area contributed by atoms with Crippen LogP contribution in [0.5, 0.6) is 0 Å². The largest absolute Gasteiger partial charge is 0.481 e. The van der Waals surface area contributed by atoms with Gasteiger partial charge in [0, 0.05) is 26.4 Å². The lowest BCUT2D eigenvalue weighted by atomic mass is 10.2. The van der Waals surface area contributed by atoms with E-state index in [0.717, 1.165) is 5.56 Å². The Morgan fingerprint density at radius 2 is 1.95 bits per heavy atom. The van der Waals surface area contributed by atoms with Crippen LogP contribution in [-0.2, 0) is 9.59 Å². The minimum atomic E-state index is -0.859. The molecule has 108 valence electrons. The van der Waals surface area contributed by atoms with E-state index in [9.17, 15) is 14.0 Å². The zero-order valence-corrected chi connectivity index (χ0v) is 11.4. The molecule has 0 unspecified atom stereocenters. The van der Waals surface area contributed by atoms with Gasteiger partial charge in [-0.15, -0.1) is 0 Å². The number of nitrogens with zero attached hydrogens (tertiary/aromatic N) is 1. The van der Waals surface area contributed by atoms with Crippen molar-refractivity contribution < 1.29 is 19.1 Å². The van der Waals surface area contributed by atoms with Crippen LogP contribution >= 0.6 is 0 Å². The van der Waals surface area contributed by atoms with Crippen molar-refractivity contribution in [2.45, 2.75) is 19.3 Å². The molecule has 4 nitrogen and oxygen atoms in total. The first-order chi connectivity index (χ1) is 9.49. The van der Waals surface area contributed by atoms with E-state index in [0.29, 0.717) is 13.0 Å². The molecule has 5 heteroatoms. The number of hydrogen-bond acceptors (Lipinski definition) is 2. The summed E-state index contributed by atoms with van der Waals surface area (Å²) >= 11 is 0. The summed E-state index contributed by atoms with van der Waals surface area (Å²) in [4.78, 5) is 23.6. The third-order valence-electron chi connectivity index (χ3n) is 2.78. The molecule has 0 aliphatic heterocycles. The molecule has 0 heterocycles. The highest BCUT2D eigenvalue weighted by Crippen LogP contribution is 2.06. The van der Waals surface area contributed by atoms with E-state index in [2.05, 4.69) is 0 Å². The van der Waals surface area contributed by atoms with E-state index in [1.807, 2.05) is 0 Å². The summed E-state index contributed by atoms with van der Waals surface area (Å²) in [6.45, 7) is 0.426. The van der Waals surface area contributed by atoms with Gasteiger partial charge >= 0.3 is 5.97 Å². The van der Waals surface area contributed by atoms with Crippen LogP contribution in [0.3, 0.4) is 0 Å². The Bertz CT molecular complexity index is 482. The highest BCUT2D eigenvalue weighted by molar-refractivity contribution is 5.78. The van der Waals surface area contributed by atoms with Gasteiger partial charge in [0.15, 0.2) is 0 Å². The fourth-order valence-electron chi connectivity index (χ4n) is 1.62. The fourth-order valence-corrected chi connectivity index (χ4v) is 1.62. The number of carbonyl (C=O) groups is 2. The molecule has 1 rings (SSSR count). The predicted molar refractivity (Wildman–Crippen MR) is 74.6 cm³/mol. The van der Waals surface area contributed by atoms with Crippen molar-refractivity contribution >= 4 is 18.0 Å². The highest BCUT2D eigenvalue weighted by atomic mass is 19.1. The van der Waals surface area contributed by atoms with Crippen LogP contribution in [0.1, 0.15) is 24.8 Å². The number of amides is 1. The lowest BCUT2D eigenvalue weighted by Crippen LogP contribution is -2.27. The van der Waals surface area contributed by atoms with Gasteiger partial charge in [-0.2, -0.15) is 0 Å². The van der Waals surface area contributed by atoms with E-state index in [-0.39, 0.29) is 24.6 Å². The summed E-state index contributed by atoms with van der Waals surface area (Å²) in [6.07, 6.45) is 4.20. The summed E-state index contributed by atoms with van der Waals surface area (Å²) in [5, 5.41) is 8.51. The minimum Gasteiger partial charge on any atom is -0.481 e. The Hall–Kier alpha value is -2.17. The highest BCUT2D eigenvalue weighted by Gasteiger charge is 2.07. The molecule has 0 aromatic heterocycles. The number of halogens is 1. The van der Waals surface area contributed by atoms with Crippen molar-refractivity contribution in [2.24, 2.45) is 0 Å². The van der Waals surface area contributed by atoms with Crippen molar-refractivity contribution in [2.75, 3.05) is 13.6 Å². The predicted octanol–water partition coefficient (Wildman–Crippen LogP) is 2.55. The van der Waals surface area contributed by atoms with Crippen LogP contribution in [0.4, 0.5) is 4.39 Å². The van der Waals surface area contributed by atoms with Gasteiger partial charge < -0.3 is 10.0 Å². The van der Waals surface area contributed by atoms with E-state index >= 15 is 0 Å². The Labute approximate surface area is 117 Å². The topological polar surface area (TPSA) is 57.6 Å². The zero-order valence-electron chi connectivity index (χ0n) is 11.4. The molecule has 1 amide bonds. The van der Waals surface area contributed by atoms with Crippen molar-refractivity contribution in [3.05, 3.63) is 41.7 Å². The summed E-state index contributed by atoms with van der Waals surface area (Å²) in [5.74, 6) is -1.23. The molecule has 0 fully saturated rings. The third kappa shape index (κ3) is 6.13. The van der Waals surface area contributed by atoms with Crippen LogP contribution in [0.15, 0.2) is 30.3 Å². The molecule has 0 spiro atoms. The normalized spacial score (nSPS) is 10.7. The molecule has 0 saturated heterocycles. The summed E-state index contributed by atoms with van der Waals surface area (Å²) in [7, 11) is 1.65. The number of aliphatic carboxylic acids is 1. The Morgan fingerprint density at radius 1 is 1.30 bits per heavy atom. The molecule has 1 aromatic rings. The maximum absolute atomic E-state index is 12.7. The first-order valence-corrected chi connectivity index (χ1v) is 6.37. The second-order valence-corrected chi connectivity index (χ2v) is 4.47. The van der Waals surface area contributed by atoms with Crippen molar-refractivity contribution in [3.8, 4) is 0 Å². The van der Waals surface area contributed by atoms with Gasteiger partial charge in [0.1, 0.15) is 5.82 Å². The molecular formula is C15H18FNO3. The Morgan fingerprint density at radius 3 is 2.55 bits per heavy atom. The molecule has 0 radical (unpaired) electrons. The maximum atomic E-state index is 12.7. The minimum absolute atomic E-state index is 0.0586. The second-order valence-electron chi connectivity index (χ2n) is 4.47. The van der Waals surface area contributed by atoms with Crippen LogP contribution in [-0.4, -0.2) is 35.5 Å². The molecule has 0 saturated carbocycles. The second kappa shape index (κ2) is 8.09. The van der Waals surface area contributed by atoms with Crippen LogP contribution in [0.2, 0.25) is 0 Å². The quantitative estimate of drug-likeness (QED) is 0.834. The van der Waals surface area contributed by atoms with Crippen molar-refractivity contribution in [1.29, 1.82) is 0 Å². The number of carboxylic acid groups (broad SMARTS) is 1.